The van der Waals surface area contributed by atoms with E-state index < -0.39 is 6.10 Å². The summed E-state index contributed by atoms with van der Waals surface area (Å²) in [4.78, 5) is 38.4. The zero-order valence-electron chi connectivity index (χ0n) is 50.6. The molecule has 0 bridgehead atoms. The lowest BCUT2D eigenvalue weighted by Crippen LogP contribution is -2.30. The average molecular weight is 1050 g/mol. The van der Waals surface area contributed by atoms with Crippen LogP contribution in [0.3, 0.4) is 0 Å². The summed E-state index contributed by atoms with van der Waals surface area (Å²) in [6.45, 7) is 6.69. The van der Waals surface area contributed by atoms with Gasteiger partial charge < -0.3 is 14.2 Å². The zero-order valence-corrected chi connectivity index (χ0v) is 50.6. The van der Waals surface area contributed by atoms with Gasteiger partial charge in [0.05, 0.1) is 0 Å². The minimum Gasteiger partial charge on any atom is -0.462 e. The fraction of sp³-hybridized carbons (Fsp3) is 0.870. The largest absolute Gasteiger partial charge is 0.462 e. The molecule has 1 unspecified atom stereocenters. The first-order valence-electron chi connectivity index (χ1n) is 33.5. The van der Waals surface area contributed by atoms with E-state index in [4.69, 9.17) is 14.2 Å². The Balaban J connectivity index is 4.34. The van der Waals surface area contributed by atoms with Crippen molar-refractivity contribution in [3.63, 3.8) is 0 Å². The molecule has 0 aliphatic carbocycles. The summed E-state index contributed by atoms with van der Waals surface area (Å²) < 4.78 is 17.0. The maximum absolute atomic E-state index is 12.9. The van der Waals surface area contributed by atoms with E-state index in [0.29, 0.717) is 19.3 Å². The normalized spacial score (nSPS) is 12.2. The molecular weight excluding hydrogens is 925 g/mol. The second-order valence-corrected chi connectivity index (χ2v) is 22.7. The Kier molecular flexibility index (Phi) is 62.1. The van der Waals surface area contributed by atoms with Crippen molar-refractivity contribution in [1.29, 1.82) is 0 Å². The summed E-state index contributed by atoms with van der Waals surface area (Å²) in [6, 6.07) is 0. The molecule has 6 heteroatoms. The second kappa shape index (κ2) is 64.2. The third-order valence-corrected chi connectivity index (χ3v) is 15.1. The summed E-state index contributed by atoms with van der Waals surface area (Å²) in [6.07, 6.45) is 78.6. The summed E-state index contributed by atoms with van der Waals surface area (Å²) in [5.41, 5.74) is 0. The Hall–Kier alpha value is -2.37. The van der Waals surface area contributed by atoms with E-state index in [-0.39, 0.29) is 31.1 Å². The number of esters is 3. The fourth-order valence-corrected chi connectivity index (χ4v) is 10.1. The molecule has 1 atom stereocenters. The van der Waals surface area contributed by atoms with Crippen molar-refractivity contribution in [2.24, 2.45) is 0 Å². The van der Waals surface area contributed by atoms with Crippen LogP contribution in [0, 0.1) is 0 Å². The van der Waals surface area contributed by atoms with Crippen molar-refractivity contribution in [3.05, 3.63) is 36.5 Å². The van der Waals surface area contributed by atoms with E-state index >= 15 is 0 Å². The number of carbonyl (C=O) groups is 3. The van der Waals surface area contributed by atoms with Gasteiger partial charge in [0.2, 0.25) is 0 Å². The third-order valence-electron chi connectivity index (χ3n) is 15.1. The van der Waals surface area contributed by atoms with Crippen LogP contribution in [0.1, 0.15) is 367 Å². The van der Waals surface area contributed by atoms with Crippen LogP contribution in [0.4, 0.5) is 0 Å². The molecule has 0 N–H and O–H groups in total. The smallest absolute Gasteiger partial charge is 0.306 e. The van der Waals surface area contributed by atoms with Gasteiger partial charge in [0.1, 0.15) is 13.2 Å². The van der Waals surface area contributed by atoms with Gasteiger partial charge in [-0.2, -0.15) is 0 Å². The van der Waals surface area contributed by atoms with Gasteiger partial charge >= 0.3 is 17.9 Å². The summed E-state index contributed by atoms with van der Waals surface area (Å²) in [5, 5.41) is 0. The number of hydrogen-bond donors (Lipinski definition) is 0. The van der Waals surface area contributed by atoms with Crippen molar-refractivity contribution in [1.82, 2.24) is 0 Å². The molecule has 0 heterocycles. The number of unbranched alkanes of at least 4 members (excludes halogenated alkanes) is 45. The minimum absolute atomic E-state index is 0.0706. The van der Waals surface area contributed by atoms with E-state index in [1.165, 1.54) is 250 Å². The molecule has 0 rings (SSSR count). The quantitative estimate of drug-likeness (QED) is 0.0261. The van der Waals surface area contributed by atoms with Crippen molar-refractivity contribution in [3.8, 4) is 0 Å². The first kappa shape index (κ1) is 72.6. The van der Waals surface area contributed by atoms with Crippen LogP contribution >= 0.6 is 0 Å². The van der Waals surface area contributed by atoms with Crippen LogP contribution < -0.4 is 0 Å². The second-order valence-electron chi connectivity index (χ2n) is 22.7. The molecular formula is C69H128O6. The molecule has 440 valence electrons. The van der Waals surface area contributed by atoms with E-state index in [2.05, 4.69) is 57.2 Å². The van der Waals surface area contributed by atoms with Crippen LogP contribution in [0.2, 0.25) is 0 Å². The number of ether oxygens (including phenoxy) is 3. The van der Waals surface area contributed by atoms with Gasteiger partial charge in [-0.05, 0) is 57.8 Å². The molecule has 0 aromatic heterocycles. The van der Waals surface area contributed by atoms with Gasteiger partial charge in [-0.15, -0.1) is 0 Å². The lowest BCUT2D eigenvalue weighted by molar-refractivity contribution is -0.167. The van der Waals surface area contributed by atoms with E-state index in [1.807, 2.05) is 0 Å². The molecule has 0 spiro atoms. The average Bonchev–Trinajstić information content (AvgIpc) is 3.41. The van der Waals surface area contributed by atoms with Gasteiger partial charge in [-0.25, -0.2) is 0 Å². The van der Waals surface area contributed by atoms with Crippen LogP contribution in [-0.4, -0.2) is 37.2 Å². The molecule has 0 fully saturated rings. The van der Waals surface area contributed by atoms with Crippen LogP contribution in [0.15, 0.2) is 36.5 Å². The molecule has 0 amide bonds. The first-order chi connectivity index (χ1) is 37.0. The van der Waals surface area contributed by atoms with Gasteiger partial charge in [0.15, 0.2) is 6.10 Å². The van der Waals surface area contributed by atoms with Gasteiger partial charge in [-0.1, -0.05) is 327 Å². The molecule has 0 aromatic rings. The Bertz CT molecular complexity index is 1250. The van der Waals surface area contributed by atoms with Crippen molar-refractivity contribution < 1.29 is 28.6 Å². The predicted octanol–water partition coefficient (Wildman–Crippen LogP) is 22.8. The monoisotopic (exact) mass is 1050 g/mol. The standard InChI is InChI=1S/C69H128O6/c1-4-7-10-13-16-19-22-25-28-31-33-34-36-38-41-44-47-50-53-56-59-62-68(71)74-65-66(64-73-67(70)61-58-55-52-49-46-43-40-37-30-27-24-21-18-15-12-9-6-3)75-69(72)63-60-57-54-51-48-45-42-39-35-32-29-26-23-20-17-14-11-8-5-2/h22,25,31,33,36,38,66H,4-21,23-24,26-30,32,34-35,37,39-65H2,1-3H3/b25-22-,33-31-,38-36-. The summed E-state index contributed by atoms with van der Waals surface area (Å²) >= 11 is 0. The highest BCUT2D eigenvalue weighted by Crippen LogP contribution is 2.18. The van der Waals surface area contributed by atoms with Crippen LogP contribution in [-0.2, 0) is 28.6 Å². The summed E-state index contributed by atoms with van der Waals surface area (Å²) in [5.74, 6) is -0.855. The maximum Gasteiger partial charge on any atom is 0.306 e. The fourth-order valence-electron chi connectivity index (χ4n) is 10.1. The molecule has 0 aliphatic rings. The van der Waals surface area contributed by atoms with E-state index in [1.54, 1.807) is 0 Å². The lowest BCUT2D eigenvalue weighted by Gasteiger charge is -2.18. The minimum atomic E-state index is -0.775. The van der Waals surface area contributed by atoms with Gasteiger partial charge in [0, 0.05) is 19.3 Å². The highest BCUT2D eigenvalue weighted by molar-refractivity contribution is 5.71. The van der Waals surface area contributed by atoms with Crippen LogP contribution in [0.5, 0.6) is 0 Å². The number of carbonyl (C=O) groups excluding carboxylic acids is 3. The molecule has 75 heavy (non-hydrogen) atoms. The zero-order chi connectivity index (χ0) is 54.3. The van der Waals surface area contributed by atoms with Gasteiger partial charge in [0.25, 0.3) is 0 Å². The van der Waals surface area contributed by atoms with E-state index in [9.17, 15) is 14.4 Å². The van der Waals surface area contributed by atoms with E-state index in [0.717, 1.165) is 77.0 Å². The number of hydrogen-bond acceptors (Lipinski definition) is 6. The Morgan fingerprint density at radius 2 is 0.480 bits per heavy atom. The number of rotatable bonds is 62. The van der Waals surface area contributed by atoms with Crippen molar-refractivity contribution in [2.45, 2.75) is 374 Å². The predicted molar refractivity (Wildman–Crippen MR) is 326 cm³/mol. The van der Waals surface area contributed by atoms with Crippen molar-refractivity contribution >= 4 is 17.9 Å². The highest BCUT2D eigenvalue weighted by Gasteiger charge is 2.19. The Morgan fingerprint density at radius 3 is 0.747 bits per heavy atom. The first-order valence-corrected chi connectivity index (χ1v) is 33.5. The topological polar surface area (TPSA) is 78.9 Å². The maximum atomic E-state index is 12.9. The molecule has 0 aromatic carbocycles. The van der Waals surface area contributed by atoms with Crippen molar-refractivity contribution in [2.75, 3.05) is 13.2 Å². The molecule has 0 aliphatic heterocycles. The lowest BCUT2D eigenvalue weighted by atomic mass is 10.0. The number of allylic oxidation sites excluding steroid dienone is 6. The SMILES string of the molecule is CCCCCCC/C=C\C/C=C\C/C=C\CCCCCCCCC(=O)OCC(COC(=O)CCCCCCCCCCCCCCCCCCC)OC(=O)CCCCCCCCCCCCCCCCCCCCC. The molecule has 0 radical (unpaired) electrons. The Morgan fingerprint density at radius 1 is 0.267 bits per heavy atom. The van der Waals surface area contributed by atoms with Crippen LogP contribution in [0.25, 0.3) is 0 Å². The molecule has 0 saturated carbocycles. The summed E-state index contributed by atoms with van der Waals surface area (Å²) in [7, 11) is 0. The molecule has 0 saturated heterocycles. The van der Waals surface area contributed by atoms with Gasteiger partial charge in [-0.3, -0.25) is 14.4 Å². The Labute approximate surface area is 467 Å². The molecule has 6 nitrogen and oxygen atoms in total. The highest BCUT2D eigenvalue weighted by atomic mass is 16.6. The third kappa shape index (κ3) is 62.4.